The van der Waals surface area contributed by atoms with E-state index in [1.54, 1.807) is 12.4 Å². The van der Waals surface area contributed by atoms with E-state index in [0.29, 0.717) is 29.7 Å². The van der Waals surface area contributed by atoms with Crippen molar-refractivity contribution >= 4 is 28.7 Å². The number of aromatic nitrogens is 5. The number of rotatable bonds is 5. The van der Waals surface area contributed by atoms with Gasteiger partial charge in [0.1, 0.15) is 5.82 Å². The lowest BCUT2D eigenvalue weighted by atomic mass is 10.1. The minimum absolute atomic E-state index is 0.0102. The molecule has 2 aliphatic heterocycles. The third kappa shape index (κ3) is 4.68. The molecule has 2 aromatic carbocycles. The third-order valence-electron chi connectivity index (χ3n) is 7.22. The average molecular weight is 535 g/mol. The van der Waals surface area contributed by atoms with Gasteiger partial charge in [0.15, 0.2) is 10.8 Å². The van der Waals surface area contributed by atoms with E-state index in [2.05, 4.69) is 49.6 Å². The van der Waals surface area contributed by atoms with E-state index in [0.717, 1.165) is 58.7 Å². The standard InChI is InChI=1S/C29H26N8OS/c1-36-11-9-24-25(17-36)39-28(34-24)29(38)37-15-20-3-2-19(12-21(20)16-37)27-30-10-8-26(35-27)33-23-6-4-18(5-7-23)22-13-31-32-14-22/h2-8,10,12-14H,9,11,15-17H2,1H3,(H,31,32)(H,30,33,35). The number of likely N-dealkylation sites (N-methyl/N-ethyl adjacent to an activating group) is 1. The van der Waals surface area contributed by atoms with Gasteiger partial charge in [-0.3, -0.25) is 9.89 Å². The second-order valence-electron chi connectivity index (χ2n) is 9.98. The number of hydrogen-bond acceptors (Lipinski definition) is 8. The molecule has 0 aliphatic carbocycles. The highest BCUT2D eigenvalue weighted by Gasteiger charge is 2.29. The van der Waals surface area contributed by atoms with Crippen LogP contribution in [0, 0.1) is 0 Å². The van der Waals surface area contributed by atoms with E-state index in [1.165, 1.54) is 16.2 Å². The fourth-order valence-corrected chi connectivity index (χ4v) is 6.25. The molecule has 5 heterocycles. The van der Waals surface area contributed by atoms with E-state index in [4.69, 9.17) is 4.98 Å². The zero-order chi connectivity index (χ0) is 26.3. The second kappa shape index (κ2) is 9.72. The summed E-state index contributed by atoms with van der Waals surface area (Å²) in [6.45, 7) is 3.01. The highest BCUT2D eigenvalue weighted by Crippen LogP contribution is 2.31. The SMILES string of the molecule is CN1CCc2nc(C(=O)N3Cc4ccc(-c5nccc(Nc6ccc(-c7cn[nH]c7)cc6)n5)cc4C3)sc2C1. The number of carbonyl (C=O) groups is 1. The maximum atomic E-state index is 13.3. The number of fused-ring (bicyclic) bond motifs is 2. The summed E-state index contributed by atoms with van der Waals surface area (Å²) in [6, 6.07) is 16.2. The van der Waals surface area contributed by atoms with Crippen LogP contribution in [0.3, 0.4) is 0 Å². The molecule has 7 rings (SSSR count). The molecule has 2 N–H and O–H groups in total. The third-order valence-corrected chi connectivity index (χ3v) is 8.29. The van der Waals surface area contributed by atoms with E-state index in [1.807, 2.05) is 47.5 Å². The monoisotopic (exact) mass is 534 g/mol. The van der Waals surface area contributed by atoms with Gasteiger partial charge >= 0.3 is 0 Å². The van der Waals surface area contributed by atoms with Crippen molar-refractivity contribution in [2.75, 3.05) is 18.9 Å². The maximum absolute atomic E-state index is 13.3. The molecule has 0 atom stereocenters. The highest BCUT2D eigenvalue weighted by molar-refractivity contribution is 7.13. The summed E-state index contributed by atoms with van der Waals surface area (Å²) < 4.78 is 0. The summed E-state index contributed by atoms with van der Waals surface area (Å²) in [5.41, 5.74) is 7.35. The Morgan fingerprint density at radius 3 is 2.67 bits per heavy atom. The molecule has 5 aromatic rings. The molecule has 0 spiro atoms. The summed E-state index contributed by atoms with van der Waals surface area (Å²) in [5, 5.41) is 10.8. The van der Waals surface area contributed by atoms with E-state index in [-0.39, 0.29) is 5.91 Å². The van der Waals surface area contributed by atoms with Gasteiger partial charge in [-0.05, 0) is 48.0 Å². The van der Waals surface area contributed by atoms with Crippen molar-refractivity contribution in [2.45, 2.75) is 26.1 Å². The average Bonchev–Trinajstić information content (AvgIpc) is 3.72. The van der Waals surface area contributed by atoms with Crippen molar-refractivity contribution in [2.24, 2.45) is 0 Å². The van der Waals surface area contributed by atoms with Crippen molar-refractivity contribution in [1.82, 2.24) is 34.9 Å². The van der Waals surface area contributed by atoms with Gasteiger partial charge in [-0.1, -0.05) is 24.3 Å². The highest BCUT2D eigenvalue weighted by atomic mass is 32.1. The zero-order valence-corrected chi connectivity index (χ0v) is 22.2. The molecule has 10 heteroatoms. The van der Waals surface area contributed by atoms with Gasteiger partial charge in [-0.15, -0.1) is 11.3 Å². The number of thiazole rings is 1. The predicted molar refractivity (Wildman–Crippen MR) is 151 cm³/mol. The van der Waals surface area contributed by atoms with Gasteiger partial charge in [0.2, 0.25) is 0 Å². The minimum Gasteiger partial charge on any atom is -0.340 e. The molecule has 3 aromatic heterocycles. The number of H-pyrrole nitrogens is 1. The van der Waals surface area contributed by atoms with Crippen LogP contribution in [0.1, 0.15) is 31.5 Å². The van der Waals surface area contributed by atoms with E-state index >= 15 is 0 Å². The lowest BCUT2D eigenvalue weighted by molar-refractivity contribution is 0.0750. The number of amides is 1. The van der Waals surface area contributed by atoms with Crippen LogP contribution in [-0.4, -0.2) is 54.4 Å². The van der Waals surface area contributed by atoms with E-state index < -0.39 is 0 Å². The second-order valence-corrected chi connectivity index (χ2v) is 11.1. The first kappa shape index (κ1) is 23.7. The molecule has 0 bridgehead atoms. The van der Waals surface area contributed by atoms with Crippen LogP contribution < -0.4 is 5.32 Å². The molecule has 0 saturated heterocycles. The first-order chi connectivity index (χ1) is 19.1. The Balaban J connectivity index is 1.06. The largest absolute Gasteiger partial charge is 0.340 e. The number of hydrogen-bond donors (Lipinski definition) is 2. The predicted octanol–water partition coefficient (Wildman–Crippen LogP) is 4.88. The number of benzene rings is 2. The van der Waals surface area contributed by atoms with Gasteiger partial charge in [-0.25, -0.2) is 15.0 Å². The van der Waals surface area contributed by atoms with Crippen molar-refractivity contribution in [3.8, 4) is 22.5 Å². The summed E-state index contributed by atoms with van der Waals surface area (Å²) in [5.74, 6) is 1.36. The first-order valence-electron chi connectivity index (χ1n) is 12.9. The van der Waals surface area contributed by atoms with Gasteiger partial charge < -0.3 is 15.1 Å². The molecule has 39 heavy (non-hydrogen) atoms. The van der Waals surface area contributed by atoms with Crippen LogP contribution in [0.25, 0.3) is 22.5 Å². The molecule has 2 aliphatic rings. The normalized spacial score (nSPS) is 14.7. The van der Waals surface area contributed by atoms with Crippen LogP contribution in [0.2, 0.25) is 0 Å². The quantitative estimate of drug-likeness (QED) is 0.331. The Morgan fingerprint density at radius 1 is 0.974 bits per heavy atom. The Hall–Kier alpha value is -4.41. The molecule has 1 amide bonds. The molecule has 0 fully saturated rings. The number of nitrogens with zero attached hydrogens (tertiary/aromatic N) is 6. The van der Waals surface area contributed by atoms with Crippen LogP contribution >= 0.6 is 11.3 Å². The first-order valence-corrected chi connectivity index (χ1v) is 13.7. The van der Waals surface area contributed by atoms with Gasteiger partial charge in [0.25, 0.3) is 5.91 Å². The van der Waals surface area contributed by atoms with Crippen LogP contribution in [-0.2, 0) is 26.1 Å². The zero-order valence-electron chi connectivity index (χ0n) is 21.4. The van der Waals surface area contributed by atoms with Crippen LogP contribution in [0.5, 0.6) is 0 Å². The minimum atomic E-state index is 0.0102. The van der Waals surface area contributed by atoms with Crippen LogP contribution in [0.15, 0.2) is 67.1 Å². The molecule has 9 nitrogen and oxygen atoms in total. The Bertz CT molecular complexity index is 1660. The lowest BCUT2D eigenvalue weighted by Crippen LogP contribution is -2.26. The van der Waals surface area contributed by atoms with E-state index in [9.17, 15) is 4.79 Å². The molecule has 194 valence electrons. The van der Waals surface area contributed by atoms with Gasteiger partial charge in [0, 0.05) is 66.7 Å². The number of anilines is 2. The molecular weight excluding hydrogens is 508 g/mol. The summed E-state index contributed by atoms with van der Waals surface area (Å²) in [7, 11) is 2.11. The van der Waals surface area contributed by atoms with Crippen molar-refractivity contribution < 1.29 is 4.79 Å². The van der Waals surface area contributed by atoms with Crippen LogP contribution in [0.4, 0.5) is 11.5 Å². The van der Waals surface area contributed by atoms with Gasteiger partial charge in [-0.2, -0.15) is 5.10 Å². The molecule has 0 radical (unpaired) electrons. The Labute approximate surface area is 229 Å². The van der Waals surface area contributed by atoms with Crippen molar-refractivity contribution in [3.63, 3.8) is 0 Å². The topological polar surface area (TPSA) is 103 Å². The number of aromatic amines is 1. The summed E-state index contributed by atoms with van der Waals surface area (Å²) in [4.78, 5) is 32.6. The fourth-order valence-electron chi connectivity index (χ4n) is 5.10. The van der Waals surface area contributed by atoms with Crippen molar-refractivity contribution in [1.29, 1.82) is 0 Å². The fraction of sp³-hybridized carbons (Fsp3) is 0.207. The Kier molecular flexibility index (Phi) is 5.90. The summed E-state index contributed by atoms with van der Waals surface area (Å²) in [6.07, 6.45) is 6.34. The smallest absolute Gasteiger partial charge is 0.283 e. The molecule has 0 saturated carbocycles. The molecule has 0 unspecified atom stereocenters. The number of carbonyl (C=O) groups excluding carboxylic acids is 1. The maximum Gasteiger partial charge on any atom is 0.283 e. The van der Waals surface area contributed by atoms with Gasteiger partial charge in [0.05, 0.1) is 11.9 Å². The summed E-state index contributed by atoms with van der Waals surface area (Å²) >= 11 is 1.54. The Morgan fingerprint density at radius 2 is 1.82 bits per heavy atom. The molecular formula is C29H26N8OS. The lowest BCUT2D eigenvalue weighted by Gasteiger charge is -2.20. The van der Waals surface area contributed by atoms with Crippen molar-refractivity contribution in [3.05, 3.63) is 93.8 Å². The number of nitrogens with one attached hydrogen (secondary N) is 2.